The highest BCUT2D eigenvalue weighted by molar-refractivity contribution is 5.87. The third-order valence-corrected chi connectivity index (χ3v) is 5.50. The number of hydrogen-bond acceptors (Lipinski definition) is 5. The molecule has 0 unspecified atom stereocenters. The summed E-state index contributed by atoms with van der Waals surface area (Å²) in [5, 5.41) is 6.16. The van der Waals surface area contributed by atoms with E-state index in [2.05, 4.69) is 20.6 Å². The largest absolute Gasteiger partial charge is 0.497 e. The molecule has 0 aliphatic heterocycles. The Morgan fingerprint density at radius 2 is 1.90 bits per heavy atom. The number of aryl methyl sites for hydroxylation is 1. The SMILES string of the molecule is COc1ccc(C(C)(C)C(=O)NCCCNc2nc3c(c(=O)[nH]2)CCCC3)cc1. The Morgan fingerprint density at radius 3 is 2.62 bits per heavy atom. The van der Waals surface area contributed by atoms with Gasteiger partial charge < -0.3 is 15.4 Å². The fraction of sp³-hybridized carbons (Fsp3) is 0.500. The first-order valence-electron chi connectivity index (χ1n) is 10.2. The lowest BCUT2D eigenvalue weighted by molar-refractivity contribution is -0.125. The van der Waals surface area contributed by atoms with Crippen molar-refractivity contribution in [3.8, 4) is 5.75 Å². The molecular weight excluding hydrogens is 368 g/mol. The lowest BCUT2D eigenvalue weighted by atomic mass is 9.83. The van der Waals surface area contributed by atoms with Crippen LogP contribution in [0.4, 0.5) is 5.95 Å². The minimum Gasteiger partial charge on any atom is -0.497 e. The molecule has 0 fully saturated rings. The van der Waals surface area contributed by atoms with E-state index < -0.39 is 5.41 Å². The summed E-state index contributed by atoms with van der Waals surface area (Å²) in [4.78, 5) is 32.1. The molecule has 2 aromatic rings. The van der Waals surface area contributed by atoms with E-state index in [-0.39, 0.29) is 11.5 Å². The van der Waals surface area contributed by atoms with Crippen LogP contribution in [0.25, 0.3) is 0 Å². The highest BCUT2D eigenvalue weighted by atomic mass is 16.5. The van der Waals surface area contributed by atoms with Crippen LogP contribution in [0.1, 0.15) is 49.9 Å². The molecule has 0 radical (unpaired) electrons. The number of aromatic nitrogens is 2. The van der Waals surface area contributed by atoms with Gasteiger partial charge in [0.15, 0.2) is 0 Å². The highest BCUT2D eigenvalue weighted by Crippen LogP contribution is 2.25. The monoisotopic (exact) mass is 398 g/mol. The number of benzene rings is 1. The molecule has 3 N–H and O–H groups in total. The Morgan fingerprint density at radius 1 is 1.17 bits per heavy atom. The third kappa shape index (κ3) is 4.96. The lowest BCUT2D eigenvalue weighted by Crippen LogP contribution is -2.40. The molecular formula is C22H30N4O3. The molecule has 0 atom stereocenters. The quantitative estimate of drug-likeness (QED) is 0.594. The number of anilines is 1. The van der Waals surface area contributed by atoms with Crippen LogP contribution in [-0.4, -0.2) is 36.1 Å². The number of rotatable bonds is 8. The Labute approximate surface area is 171 Å². The van der Waals surface area contributed by atoms with Gasteiger partial charge in [-0.05, 0) is 63.6 Å². The number of hydrogen-bond donors (Lipinski definition) is 3. The average Bonchev–Trinajstić information content (AvgIpc) is 2.73. The minimum atomic E-state index is -0.634. The zero-order valence-electron chi connectivity index (χ0n) is 17.4. The average molecular weight is 399 g/mol. The second-order valence-corrected chi connectivity index (χ2v) is 7.94. The van der Waals surface area contributed by atoms with Gasteiger partial charge >= 0.3 is 0 Å². The van der Waals surface area contributed by atoms with Gasteiger partial charge in [0.25, 0.3) is 5.56 Å². The second-order valence-electron chi connectivity index (χ2n) is 7.94. The van der Waals surface area contributed by atoms with Gasteiger partial charge in [-0.3, -0.25) is 14.6 Å². The van der Waals surface area contributed by atoms with E-state index in [1.165, 1.54) is 0 Å². The van der Waals surface area contributed by atoms with Crippen molar-refractivity contribution < 1.29 is 9.53 Å². The molecule has 0 spiro atoms. The minimum absolute atomic E-state index is 0.0250. The smallest absolute Gasteiger partial charge is 0.255 e. The molecule has 1 aromatic carbocycles. The van der Waals surface area contributed by atoms with E-state index in [0.29, 0.717) is 19.0 Å². The van der Waals surface area contributed by atoms with Crippen molar-refractivity contribution in [3.63, 3.8) is 0 Å². The number of H-pyrrole nitrogens is 1. The van der Waals surface area contributed by atoms with Crippen LogP contribution >= 0.6 is 0 Å². The molecule has 7 nitrogen and oxygen atoms in total. The van der Waals surface area contributed by atoms with Crippen molar-refractivity contribution in [2.75, 3.05) is 25.5 Å². The van der Waals surface area contributed by atoms with E-state index in [1.807, 2.05) is 38.1 Å². The molecule has 156 valence electrons. The van der Waals surface area contributed by atoms with E-state index in [9.17, 15) is 9.59 Å². The molecule has 1 amide bonds. The Hall–Kier alpha value is -2.83. The van der Waals surface area contributed by atoms with Gasteiger partial charge in [-0.25, -0.2) is 4.98 Å². The topological polar surface area (TPSA) is 96.1 Å². The Balaban J connectivity index is 1.47. The summed E-state index contributed by atoms with van der Waals surface area (Å²) >= 11 is 0. The molecule has 1 aliphatic rings. The summed E-state index contributed by atoms with van der Waals surface area (Å²) in [6.45, 7) is 4.97. The normalized spacial score (nSPS) is 13.5. The number of methoxy groups -OCH3 is 1. The summed E-state index contributed by atoms with van der Waals surface area (Å²) in [6, 6.07) is 7.55. The molecule has 1 heterocycles. The number of aromatic amines is 1. The van der Waals surface area contributed by atoms with E-state index >= 15 is 0 Å². The standard InChI is InChI=1S/C22H30N4O3/c1-22(2,15-9-11-16(29-3)12-10-15)20(28)23-13-6-14-24-21-25-18-8-5-4-7-17(18)19(27)26-21/h9-12H,4-8,13-14H2,1-3H3,(H,23,28)(H2,24,25,26,27). The highest BCUT2D eigenvalue weighted by Gasteiger charge is 2.29. The fourth-order valence-corrected chi connectivity index (χ4v) is 3.54. The first-order valence-corrected chi connectivity index (χ1v) is 10.2. The summed E-state index contributed by atoms with van der Waals surface area (Å²) < 4.78 is 5.17. The van der Waals surface area contributed by atoms with Crippen LogP contribution in [0, 0.1) is 0 Å². The van der Waals surface area contributed by atoms with Crippen molar-refractivity contribution in [1.29, 1.82) is 0 Å². The van der Waals surface area contributed by atoms with Crippen LogP contribution in [-0.2, 0) is 23.1 Å². The second kappa shape index (κ2) is 9.11. The maximum atomic E-state index is 12.6. The van der Waals surface area contributed by atoms with E-state index in [0.717, 1.165) is 54.7 Å². The number of carbonyl (C=O) groups excluding carboxylic acids is 1. The molecule has 1 aromatic heterocycles. The zero-order valence-corrected chi connectivity index (χ0v) is 17.4. The summed E-state index contributed by atoms with van der Waals surface area (Å²) in [7, 11) is 1.62. The van der Waals surface area contributed by atoms with Gasteiger partial charge in [0.1, 0.15) is 5.75 Å². The van der Waals surface area contributed by atoms with Crippen LogP contribution in [0.2, 0.25) is 0 Å². The number of carbonyl (C=O) groups is 1. The predicted octanol–water partition coefficient (Wildman–Crippen LogP) is 2.55. The van der Waals surface area contributed by atoms with Gasteiger partial charge in [0.05, 0.1) is 18.2 Å². The molecule has 0 saturated carbocycles. The van der Waals surface area contributed by atoms with Gasteiger partial charge in [-0.15, -0.1) is 0 Å². The number of nitrogens with zero attached hydrogens (tertiary/aromatic N) is 1. The van der Waals surface area contributed by atoms with Crippen molar-refractivity contribution in [2.45, 2.75) is 51.4 Å². The maximum absolute atomic E-state index is 12.6. The first-order chi connectivity index (χ1) is 13.9. The van der Waals surface area contributed by atoms with Crippen molar-refractivity contribution in [2.24, 2.45) is 0 Å². The van der Waals surface area contributed by atoms with E-state index in [1.54, 1.807) is 7.11 Å². The van der Waals surface area contributed by atoms with Crippen LogP contribution < -0.4 is 20.9 Å². The molecule has 0 bridgehead atoms. The zero-order chi connectivity index (χ0) is 20.9. The van der Waals surface area contributed by atoms with Crippen LogP contribution in [0.15, 0.2) is 29.1 Å². The van der Waals surface area contributed by atoms with Crippen molar-refractivity contribution in [3.05, 3.63) is 51.4 Å². The molecule has 0 saturated heterocycles. The molecule has 7 heteroatoms. The number of amides is 1. The maximum Gasteiger partial charge on any atom is 0.255 e. The first kappa shape index (κ1) is 20.9. The van der Waals surface area contributed by atoms with E-state index in [4.69, 9.17) is 4.74 Å². The Bertz CT molecular complexity index is 903. The van der Waals surface area contributed by atoms with Gasteiger partial charge in [0, 0.05) is 18.7 Å². The van der Waals surface area contributed by atoms with Gasteiger partial charge in [0.2, 0.25) is 11.9 Å². The fourth-order valence-electron chi connectivity index (χ4n) is 3.54. The summed E-state index contributed by atoms with van der Waals surface area (Å²) in [5.74, 6) is 1.26. The molecule has 29 heavy (non-hydrogen) atoms. The number of nitrogens with one attached hydrogen (secondary N) is 3. The lowest BCUT2D eigenvalue weighted by Gasteiger charge is -2.24. The number of ether oxygens (including phenoxy) is 1. The number of fused-ring (bicyclic) bond motifs is 1. The van der Waals surface area contributed by atoms with Gasteiger partial charge in [-0.1, -0.05) is 12.1 Å². The summed E-state index contributed by atoms with van der Waals surface area (Å²) in [5.41, 5.74) is 2.01. The van der Waals surface area contributed by atoms with Gasteiger partial charge in [-0.2, -0.15) is 0 Å². The molecule has 1 aliphatic carbocycles. The van der Waals surface area contributed by atoms with Crippen molar-refractivity contribution in [1.82, 2.24) is 15.3 Å². The predicted molar refractivity (Wildman–Crippen MR) is 114 cm³/mol. The molecule has 3 rings (SSSR count). The van der Waals surface area contributed by atoms with Crippen LogP contribution in [0.5, 0.6) is 5.75 Å². The third-order valence-electron chi connectivity index (χ3n) is 5.50. The van der Waals surface area contributed by atoms with Crippen LogP contribution in [0.3, 0.4) is 0 Å². The summed E-state index contributed by atoms with van der Waals surface area (Å²) in [6.07, 6.45) is 4.54. The Kier molecular flexibility index (Phi) is 6.56. The van der Waals surface area contributed by atoms with Crippen molar-refractivity contribution >= 4 is 11.9 Å².